The minimum absolute atomic E-state index is 0.0449. The Balaban J connectivity index is 3.35. The van der Waals surface area contributed by atoms with Gasteiger partial charge in [0.2, 0.25) is 0 Å². The van der Waals surface area contributed by atoms with Crippen LogP contribution < -0.4 is 0 Å². The highest BCUT2D eigenvalue weighted by atomic mass is 31.2. The van der Waals surface area contributed by atoms with E-state index in [-0.39, 0.29) is 17.4 Å². The lowest BCUT2D eigenvalue weighted by Crippen LogP contribution is -2.19. The molecule has 0 saturated heterocycles. The summed E-state index contributed by atoms with van der Waals surface area (Å²) in [5.74, 6) is 0. The van der Waals surface area contributed by atoms with Gasteiger partial charge in [-0.1, -0.05) is 53.7 Å². The second-order valence-electron chi connectivity index (χ2n) is 7.33. The first-order chi connectivity index (χ1) is 8.93. The van der Waals surface area contributed by atoms with Crippen LogP contribution >= 0.6 is 8.60 Å². The summed E-state index contributed by atoms with van der Waals surface area (Å²) in [6, 6.07) is 4.38. The number of benzene rings is 1. The van der Waals surface area contributed by atoms with Crippen LogP contribution in [-0.2, 0) is 22.0 Å². The molecule has 1 aromatic carbocycles. The van der Waals surface area contributed by atoms with Crippen LogP contribution in [-0.4, -0.2) is 9.79 Å². The van der Waals surface area contributed by atoms with Crippen molar-refractivity contribution < 1.29 is 14.3 Å². The molecular weight excluding hydrogens is 271 g/mol. The van der Waals surface area contributed by atoms with E-state index in [0.717, 1.165) is 5.56 Å². The lowest BCUT2D eigenvalue weighted by molar-refractivity contribution is 0.245. The predicted molar refractivity (Wildman–Crippen MR) is 84.7 cm³/mol. The summed E-state index contributed by atoms with van der Waals surface area (Å²) in [7, 11) is -2.31. The average molecular weight is 298 g/mol. The Bertz CT molecular complexity index is 468. The molecule has 0 atom stereocenters. The van der Waals surface area contributed by atoms with E-state index in [1.54, 1.807) is 0 Å². The third-order valence-electron chi connectivity index (χ3n) is 3.52. The van der Waals surface area contributed by atoms with Gasteiger partial charge >= 0.3 is 8.60 Å². The minimum atomic E-state index is -2.31. The van der Waals surface area contributed by atoms with Crippen LogP contribution in [0.5, 0.6) is 0 Å². The van der Waals surface area contributed by atoms with Crippen LogP contribution in [0.15, 0.2) is 12.1 Å². The molecule has 0 aliphatic carbocycles. The van der Waals surface area contributed by atoms with Gasteiger partial charge in [0.05, 0.1) is 6.61 Å². The standard InChI is InChI=1S/C16H27O3P/c1-11-12(10-19-20(17)18)8-13(15(2,3)4)9-14(11)16(5,6)7/h8-9,17-18H,10H2,1-7H3. The molecule has 2 N–H and O–H groups in total. The zero-order chi connectivity index (χ0) is 15.7. The summed E-state index contributed by atoms with van der Waals surface area (Å²) in [6.07, 6.45) is 0. The van der Waals surface area contributed by atoms with Crippen molar-refractivity contribution in [2.24, 2.45) is 0 Å². The van der Waals surface area contributed by atoms with Crippen LogP contribution in [0.1, 0.15) is 63.8 Å². The van der Waals surface area contributed by atoms with E-state index in [4.69, 9.17) is 14.3 Å². The topological polar surface area (TPSA) is 49.7 Å². The average Bonchev–Trinajstić information content (AvgIpc) is 2.24. The van der Waals surface area contributed by atoms with Crippen LogP contribution in [0.4, 0.5) is 0 Å². The van der Waals surface area contributed by atoms with Gasteiger partial charge in [0.15, 0.2) is 0 Å². The van der Waals surface area contributed by atoms with E-state index in [9.17, 15) is 0 Å². The van der Waals surface area contributed by atoms with E-state index < -0.39 is 8.60 Å². The van der Waals surface area contributed by atoms with Crippen molar-refractivity contribution in [1.29, 1.82) is 0 Å². The fourth-order valence-electron chi connectivity index (χ4n) is 2.26. The van der Waals surface area contributed by atoms with Crippen molar-refractivity contribution in [3.63, 3.8) is 0 Å². The van der Waals surface area contributed by atoms with Crippen molar-refractivity contribution in [1.82, 2.24) is 0 Å². The molecule has 0 heterocycles. The summed E-state index contributed by atoms with van der Waals surface area (Å²) in [5.41, 5.74) is 4.81. The Morgan fingerprint density at radius 1 is 1.00 bits per heavy atom. The molecule has 114 valence electrons. The molecule has 0 aliphatic heterocycles. The van der Waals surface area contributed by atoms with Crippen LogP contribution in [0.3, 0.4) is 0 Å². The fourth-order valence-corrected chi connectivity index (χ4v) is 2.52. The second-order valence-corrected chi connectivity index (χ2v) is 8.10. The molecule has 0 radical (unpaired) electrons. The largest absolute Gasteiger partial charge is 0.328 e. The zero-order valence-corrected chi connectivity index (χ0v) is 14.5. The van der Waals surface area contributed by atoms with Crippen molar-refractivity contribution in [2.75, 3.05) is 0 Å². The second kappa shape index (κ2) is 6.11. The SMILES string of the molecule is Cc1c(COP(O)O)cc(C(C)(C)C)cc1C(C)(C)C. The molecule has 0 spiro atoms. The normalized spacial score (nSPS) is 13.1. The van der Waals surface area contributed by atoms with Gasteiger partial charge in [0.1, 0.15) is 0 Å². The summed E-state index contributed by atoms with van der Waals surface area (Å²) in [6.45, 7) is 15.4. The van der Waals surface area contributed by atoms with Crippen molar-refractivity contribution >= 4 is 8.60 Å². The Labute approximate surface area is 124 Å². The summed E-state index contributed by atoms with van der Waals surface area (Å²) >= 11 is 0. The number of rotatable bonds is 3. The highest BCUT2D eigenvalue weighted by Gasteiger charge is 2.23. The Morgan fingerprint density at radius 2 is 1.55 bits per heavy atom. The maximum absolute atomic E-state index is 8.96. The van der Waals surface area contributed by atoms with Crippen molar-refractivity contribution in [3.8, 4) is 0 Å². The summed E-state index contributed by atoms with van der Waals surface area (Å²) in [4.78, 5) is 17.9. The van der Waals surface area contributed by atoms with Gasteiger partial charge in [-0.3, -0.25) is 0 Å². The third-order valence-corrected chi connectivity index (χ3v) is 3.88. The van der Waals surface area contributed by atoms with Gasteiger partial charge in [-0.05, 0) is 40.0 Å². The minimum Gasteiger partial charge on any atom is -0.328 e. The molecule has 0 unspecified atom stereocenters. The van der Waals surface area contributed by atoms with Gasteiger partial charge in [0, 0.05) is 0 Å². The first-order valence-electron chi connectivity index (χ1n) is 6.88. The molecule has 0 saturated carbocycles. The molecular formula is C16H27O3P. The van der Waals surface area contributed by atoms with E-state index in [2.05, 4.69) is 60.6 Å². The number of hydrogen-bond donors (Lipinski definition) is 2. The van der Waals surface area contributed by atoms with Gasteiger partial charge in [-0.15, -0.1) is 0 Å². The fraction of sp³-hybridized carbons (Fsp3) is 0.625. The lowest BCUT2D eigenvalue weighted by atomic mass is 9.77. The van der Waals surface area contributed by atoms with E-state index >= 15 is 0 Å². The smallest absolute Gasteiger partial charge is 0.327 e. The maximum atomic E-state index is 8.96. The van der Waals surface area contributed by atoms with Crippen LogP contribution in [0.25, 0.3) is 0 Å². The molecule has 1 rings (SSSR count). The lowest BCUT2D eigenvalue weighted by Gasteiger charge is -2.28. The van der Waals surface area contributed by atoms with Crippen LogP contribution in [0, 0.1) is 6.92 Å². The Hall–Kier alpha value is -0.470. The monoisotopic (exact) mass is 298 g/mol. The van der Waals surface area contributed by atoms with Crippen molar-refractivity contribution in [2.45, 2.75) is 65.9 Å². The zero-order valence-electron chi connectivity index (χ0n) is 13.6. The van der Waals surface area contributed by atoms with E-state index in [0.29, 0.717) is 0 Å². The quantitative estimate of drug-likeness (QED) is 0.817. The molecule has 3 nitrogen and oxygen atoms in total. The summed E-state index contributed by atoms with van der Waals surface area (Å²) < 4.78 is 5.02. The molecule has 0 bridgehead atoms. The maximum Gasteiger partial charge on any atom is 0.327 e. The molecule has 0 aliphatic rings. The first-order valence-corrected chi connectivity index (χ1v) is 8.04. The van der Waals surface area contributed by atoms with Gasteiger partial charge in [-0.25, -0.2) is 0 Å². The molecule has 0 amide bonds. The Morgan fingerprint density at radius 3 is 1.95 bits per heavy atom. The third kappa shape index (κ3) is 4.53. The highest BCUT2D eigenvalue weighted by Crippen LogP contribution is 2.35. The summed E-state index contributed by atoms with van der Waals surface area (Å²) in [5, 5.41) is 0. The van der Waals surface area contributed by atoms with E-state index in [1.165, 1.54) is 16.7 Å². The van der Waals surface area contributed by atoms with Gasteiger partial charge in [0.25, 0.3) is 0 Å². The molecule has 1 aromatic rings. The van der Waals surface area contributed by atoms with Crippen LogP contribution in [0.2, 0.25) is 0 Å². The molecule has 20 heavy (non-hydrogen) atoms. The first kappa shape index (κ1) is 17.6. The Kier molecular flexibility index (Phi) is 5.37. The molecule has 0 aromatic heterocycles. The van der Waals surface area contributed by atoms with Gasteiger partial charge < -0.3 is 14.3 Å². The molecule has 4 heteroatoms. The van der Waals surface area contributed by atoms with E-state index in [1.807, 2.05) is 0 Å². The predicted octanol–water partition coefficient (Wildman–Crippen LogP) is 4.32. The highest BCUT2D eigenvalue weighted by molar-refractivity contribution is 7.39. The number of hydrogen-bond acceptors (Lipinski definition) is 3. The molecule has 0 fully saturated rings. The van der Waals surface area contributed by atoms with Gasteiger partial charge in [-0.2, -0.15) is 0 Å². The van der Waals surface area contributed by atoms with Crippen molar-refractivity contribution in [3.05, 3.63) is 34.4 Å².